The Bertz CT molecular complexity index is 396. The van der Waals surface area contributed by atoms with Crippen LogP contribution in [0.4, 0.5) is 0 Å². The van der Waals surface area contributed by atoms with Crippen molar-refractivity contribution in [1.82, 2.24) is 0 Å². The Labute approximate surface area is 92.3 Å². The Kier molecular flexibility index (Phi) is 3.05. The van der Waals surface area contributed by atoms with Gasteiger partial charge in [-0.1, -0.05) is 35.9 Å². The van der Waals surface area contributed by atoms with E-state index in [1.807, 2.05) is 6.08 Å². The van der Waals surface area contributed by atoms with Crippen LogP contribution in [-0.4, -0.2) is 0 Å². The van der Waals surface area contributed by atoms with Gasteiger partial charge in [0.1, 0.15) is 0 Å². The van der Waals surface area contributed by atoms with E-state index in [1.165, 1.54) is 36.0 Å². The molecule has 1 aliphatic rings. The van der Waals surface area contributed by atoms with Crippen LogP contribution in [0.15, 0.2) is 42.5 Å². The van der Waals surface area contributed by atoms with Crippen molar-refractivity contribution in [2.24, 2.45) is 0 Å². The third-order valence-electron chi connectivity index (χ3n) is 3.20. The van der Waals surface area contributed by atoms with Gasteiger partial charge in [0, 0.05) is 0 Å². The summed E-state index contributed by atoms with van der Waals surface area (Å²) < 4.78 is 0. The van der Waals surface area contributed by atoms with Gasteiger partial charge < -0.3 is 0 Å². The molecule has 1 aromatic rings. The Morgan fingerprint density at radius 3 is 2.87 bits per heavy atom. The summed E-state index contributed by atoms with van der Waals surface area (Å²) in [6.07, 6.45) is 6.75. The monoisotopic (exact) mass is 198 g/mol. The van der Waals surface area contributed by atoms with Crippen molar-refractivity contribution in [1.29, 1.82) is 0 Å². The molecule has 1 aliphatic carbocycles. The first-order valence-electron chi connectivity index (χ1n) is 5.70. The Hall–Kier alpha value is -1.30. The van der Waals surface area contributed by atoms with E-state index >= 15 is 0 Å². The number of allylic oxidation sites excluding steroid dienone is 3. The number of rotatable bonds is 2. The standard InChI is InChI=1S/C15H18/c1-3-7-14-12(2)8-6-10-13-9-4-5-11-15(13)14/h3-5,9,11H,1,6-8,10H2,2H3. The van der Waals surface area contributed by atoms with Gasteiger partial charge in [-0.3, -0.25) is 0 Å². The molecule has 2 rings (SSSR count). The minimum absolute atomic E-state index is 1.00. The number of benzene rings is 1. The van der Waals surface area contributed by atoms with Gasteiger partial charge in [0.05, 0.1) is 0 Å². The maximum Gasteiger partial charge on any atom is -0.00946 e. The van der Waals surface area contributed by atoms with Crippen LogP contribution >= 0.6 is 0 Å². The molecule has 0 spiro atoms. The van der Waals surface area contributed by atoms with Gasteiger partial charge in [-0.25, -0.2) is 0 Å². The quantitative estimate of drug-likeness (QED) is 0.619. The van der Waals surface area contributed by atoms with Crippen LogP contribution in [0.25, 0.3) is 5.57 Å². The summed E-state index contributed by atoms with van der Waals surface area (Å²) in [6, 6.07) is 8.80. The molecular formula is C15H18. The number of fused-ring (bicyclic) bond motifs is 1. The molecule has 78 valence electrons. The molecule has 0 heterocycles. The van der Waals surface area contributed by atoms with E-state index in [0.29, 0.717) is 0 Å². The molecule has 0 heteroatoms. The van der Waals surface area contributed by atoms with Gasteiger partial charge in [0.2, 0.25) is 0 Å². The highest BCUT2D eigenvalue weighted by Crippen LogP contribution is 2.32. The van der Waals surface area contributed by atoms with Crippen molar-refractivity contribution < 1.29 is 0 Å². The largest absolute Gasteiger partial charge is 0.103 e. The van der Waals surface area contributed by atoms with Crippen LogP contribution in [0.1, 0.15) is 37.3 Å². The van der Waals surface area contributed by atoms with Crippen molar-refractivity contribution >= 4 is 5.57 Å². The molecule has 0 bridgehead atoms. The molecule has 0 atom stereocenters. The highest BCUT2D eigenvalue weighted by molar-refractivity contribution is 5.72. The molecule has 0 radical (unpaired) electrons. The van der Waals surface area contributed by atoms with E-state index < -0.39 is 0 Å². The molecule has 15 heavy (non-hydrogen) atoms. The van der Waals surface area contributed by atoms with Crippen LogP contribution in [0.5, 0.6) is 0 Å². The molecule has 0 saturated carbocycles. The third-order valence-corrected chi connectivity index (χ3v) is 3.20. The lowest BCUT2D eigenvalue weighted by atomic mass is 9.95. The average molecular weight is 198 g/mol. The van der Waals surface area contributed by atoms with Crippen LogP contribution in [0.3, 0.4) is 0 Å². The minimum atomic E-state index is 1.00. The van der Waals surface area contributed by atoms with Crippen LogP contribution in [0.2, 0.25) is 0 Å². The van der Waals surface area contributed by atoms with E-state index in [-0.39, 0.29) is 0 Å². The lowest BCUT2D eigenvalue weighted by molar-refractivity contribution is 0.823. The molecule has 1 aromatic carbocycles. The highest BCUT2D eigenvalue weighted by Gasteiger charge is 2.12. The average Bonchev–Trinajstić information content (AvgIpc) is 2.40. The second-order valence-corrected chi connectivity index (χ2v) is 4.26. The van der Waals surface area contributed by atoms with Crippen LogP contribution < -0.4 is 0 Å². The molecule has 0 amide bonds. The predicted molar refractivity (Wildman–Crippen MR) is 66.8 cm³/mol. The zero-order valence-corrected chi connectivity index (χ0v) is 9.42. The van der Waals surface area contributed by atoms with Crippen molar-refractivity contribution in [3.05, 3.63) is 53.6 Å². The highest BCUT2D eigenvalue weighted by atomic mass is 14.2. The third kappa shape index (κ3) is 2.04. The Morgan fingerprint density at radius 2 is 2.07 bits per heavy atom. The lowest BCUT2D eigenvalue weighted by Gasteiger charge is -2.10. The maximum absolute atomic E-state index is 3.86. The predicted octanol–water partition coefficient (Wildman–Crippen LogP) is 4.37. The summed E-state index contributed by atoms with van der Waals surface area (Å²) in [5.41, 5.74) is 6.00. The smallest absolute Gasteiger partial charge is 0.00946 e. The molecular weight excluding hydrogens is 180 g/mol. The minimum Gasteiger partial charge on any atom is -0.103 e. The first-order chi connectivity index (χ1) is 7.33. The van der Waals surface area contributed by atoms with Gasteiger partial charge in [-0.15, -0.1) is 6.58 Å². The number of aryl methyl sites for hydroxylation is 1. The second kappa shape index (κ2) is 4.48. The van der Waals surface area contributed by atoms with Gasteiger partial charge in [0.15, 0.2) is 0 Å². The lowest BCUT2D eigenvalue weighted by Crippen LogP contribution is -1.91. The van der Waals surface area contributed by atoms with Crippen molar-refractivity contribution in [3.8, 4) is 0 Å². The van der Waals surface area contributed by atoms with E-state index in [0.717, 1.165) is 6.42 Å². The fourth-order valence-corrected chi connectivity index (χ4v) is 2.39. The SMILES string of the molecule is C=CCC1=C(C)CCCc2ccccc21. The van der Waals surface area contributed by atoms with E-state index in [2.05, 4.69) is 37.8 Å². The summed E-state index contributed by atoms with van der Waals surface area (Å²) in [5.74, 6) is 0. The molecule has 0 saturated heterocycles. The summed E-state index contributed by atoms with van der Waals surface area (Å²) in [5, 5.41) is 0. The Balaban J connectivity index is 2.52. The first-order valence-corrected chi connectivity index (χ1v) is 5.70. The van der Waals surface area contributed by atoms with E-state index in [4.69, 9.17) is 0 Å². The van der Waals surface area contributed by atoms with Gasteiger partial charge >= 0.3 is 0 Å². The van der Waals surface area contributed by atoms with Crippen LogP contribution in [0, 0.1) is 0 Å². The van der Waals surface area contributed by atoms with E-state index in [1.54, 1.807) is 5.57 Å². The Morgan fingerprint density at radius 1 is 1.27 bits per heavy atom. The van der Waals surface area contributed by atoms with E-state index in [9.17, 15) is 0 Å². The van der Waals surface area contributed by atoms with Crippen LogP contribution in [-0.2, 0) is 6.42 Å². The molecule has 0 aliphatic heterocycles. The summed E-state index contributed by atoms with van der Waals surface area (Å²) in [6.45, 7) is 6.12. The number of hydrogen-bond acceptors (Lipinski definition) is 0. The topological polar surface area (TPSA) is 0 Å². The molecule has 0 aromatic heterocycles. The zero-order chi connectivity index (χ0) is 10.7. The summed E-state index contributed by atoms with van der Waals surface area (Å²) in [7, 11) is 0. The van der Waals surface area contributed by atoms with Gasteiger partial charge in [-0.05, 0) is 49.3 Å². The normalized spacial score (nSPS) is 15.8. The summed E-state index contributed by atoms with van der Waals surface area (Å²) in [4.78, 5) is 0. The van der Waals surface area contributed by atoms with Gasteiger partial charge in [-0.2, -0.15) is 0 Å². The van der Waals surface area contributed by atoms with Crippen molar-refractivity contribution in [2.45, 2.75) is 32.6 Å². The van der Waals surface area contributed by atoms with Crippen molar-refractivity contribution in [2.75, 3.05) is 0 Å². The van der Waals surface area contributed by atoms with Crippen molar-refractivity contribution in [3.63, 3.8) is 0 Å². The van der Waals surface area contributed by atoms with Gasteiger partial charge in [0.25, 0.3) is 0 Å². The molecule has 0 fully saturated rings. The second-order valence-electron chi connectivity index (χ2n) is 4.26. The molecule has 0 N–H and O–H groups in total. The fraction of sp³-hybridized carbons (Fsp3) is 0.333. The zero-order valence-electron chi connectivity index (χ0n) is 9.42. The number of hydrogen-bond donors (Lipinski definition) is 0. The summed E-state index contributed by atoms with van der Waals surface area (Å²) >= 11 is 0. The maximum atomic E-state index is 3.86. The molecule has 0 unspecified atom stereocenters. The molecule has 0 nitrogen and oxygen atoms in total. The first kappa shape index (κ1) is 10.2. The fourth-order valence-electron chi connectivity index (χ4n) is 2.39.